The van der Waals surface area contributed by atoms with E-state index in [0.717, 1.165) is 30.3 Å². The van der Waals surface area contributed by atoms with Crippen LogP contribution in [-0.2, 0) is 4.74 Å². The zero-order chi connectivity index (χ0) is 21.0. The van der Waals surface area contributed by atoms with Crippen molar-refractivity contribution in [1.82, 2.24) is 9.97 Å². The van der Waals surface area contributed by atoms with Crippen molar-refractivity contribution in [2.45, 2.75) is 29.8 Å². The lowest BCUT2D eigenvalue weighted by atomic mass is 10.1. The van der Waals surface area contributed by atoms with Crippen molar-refractivity contribution in [3.63, 3.8) is 0 Å². The van der Waals surface area contributed by atoms with E-state index in [-0.39, 0.29) is 22.2 Å². The Hall–Kier alpha value is -3.47. The summed E-state index contributed by atoms with van der Waals surface area (Å²) in [7, 11) is 0. The number of nitrogens with zero attached hydrogens (tertiary/aromatic N) is 3. The van der Waals surface area contributed by atoms with Crippen LogP contribution in [-0.4, -0.2) is 32.4 Å². The normalized spacial score (nSPS) is 10.8. The van der Waals surface area contributed by atoms with Crippen LogP contribution in [0.15, 0.2) is 46.5 Å². The van der Waals surface area contributed by atoms with Gasteiger partial charge in [0.1, 0.15) is 0 Å². The summed E-state index contributed by atoms with van der Waals surface area (Å²) < 4.78 is 5.03. The van der Waals surface area contributed by atoms with Crippen molar-refractivity contribution in [3.8, 4) is 0 Å². The number of unbranched alkanes of at least 4 members (excludes halogenated alkanes) is 1. The Balaban J connectivity index is 2.03. The second-order valence-electron chi connectivity index (χ2n) is 6.01. The number of aromatic amines is 1. The van der Waals surface area contributed by atoms with Gasteiger partial charge in [0.25, 0.3) is 11.4 Å². The van der Waals surface area contributed by atoms with Crippen LogP contribution in [0, 0.1) is 20.2 Å². The maximum Gasteiger partial charge on any atom is 0.338 e. The van der Waals surface area contributed by atoms with Crippen LogP contribution in [0.5, 0.6) is 0 Å². The maximum atomic E-state index is 12.2. The van der Waals surface area contributed by atoms with E-state index in [4.69, 9.17) is 4.74 Å². The van der Waals surface area contributed by atoms with Crippen LogP contribution in [0.4, 0.5) is 11.4 Å². The fourth-order valence-corrected chi connectivity index (χ4v) is 3.53. The predicted molar refractivity (Wildman–Crippen MR) is 105 cm³/mol. The first-order chi connectivity index (χ1) is 13.9. The SMILES string of the molecule is CCCCOC(=O)c1cc([N+](=O)[O-])c(Sc2nc3ccccc3[nH]2)c([N+](=O)[O-])c1. The van der Waals surface area contributed by atoms with Gasteiger partial charge in [0.15, 0.2) is 10.1 Å². The van der Waals surface area contributed by atoms with Gasteiger partial charge in [-0.15, -0.1) is 0 Å². The van der Waals surface area contributed by atoms with Crippen molar-refractivity contribution in [3.05, 3.63) is 62.2 Å². The molecule has 1 N–H and O–H groups in total. The third-order valence-corrected chi connectivity index (χ3v) is 4.99. The number of para-hydroxylation sites is 2. The van der Waals surface area contributed by atoms with Crippen LogP contribution in [0.25, 0.3) is 11.0 Å². The average Bonchev–Trinajstić information content (AvgIpc) is 3.10. The molecule has 2 aromatic carbocycles. The maximum absolute atomic E-state index is 12.2. The molecule has 11 heteroatoms. The Morgan fingerprint density at radius 2 is 1.83 bits per heavy atom. The molecule has 0 aliphatic rings. The van der Waals surface area contributed by atoms with Crippen LogP contribution in [0.2, 0.25) is 0 Å². The molecule has 0 saturated heterocycles. The van der Waals surface area contributed by atoms with E-state index in [1.54, 1.807) is 24.3 Å². The van der Waals surface area contributed by atoms with E-state index in [2.05, 4.69) is 9.97 Å². The molecule has 29 heavy (non-hydrogen) atoms. The lowest BCUT2D eigenvalue weighted by molar-refractivity contribution is -0.399. The molecule has 0 fully saturated rings. The molecule has 0 unspecified atom stereocenters. The number of carbonyl (C=O) groups is 1. The molecule has 0 atom stereocenters. The van der Waals surface area contributed by atoms with Gasteiger partial charge in [0.05, 0.1) is 33.1 Å². The van der Waals surface area contributed by atoms with Crippen LogP contribution in [0.3, 0.4) is 0 Å². The minimum atomic E-state index is -0.843. The number of nitro groups is 2. The number of benzene rings is 2. The largest absolute Gasteiger partial charge is 0.462 e. The number of nitro benzene ring substituents is 2. The number of rotatable bonds is 8. The predicted octanol–water partition coefficient (Wildman–Crippen LogP) is 4.49. The van der Waals surface area contributed by atoms with Gasteiger partial charge < -0.3 is 9.72 Å². The van der Waals surface area contributed by atoms with Crippen LogP contribution >= 0.6 is 11.8 Å². The van der Waals surface area contributed by atoms with Gasteiger partial charge in [-0.05, 0) is 30.3 Å². The zero-order valence-electron chi connectivity index (χ0n) is 15.3. The highest BCUT2D eigenvalue weighted by Gasteiger charge is 2.30. The standard InChI is InChI=1S/C18H16N4O6S/c1-2-3-8-28-17(23)11-9-14(21(24)25)16(15(10-11)22(26)27)29-18-19-12-6-4-5-7-13(12)20-18/h4-7,9-10H,2-3,8H2,1H3,(H,19,20). The fourth-order valence-electron chi connectivity index (χ4n) is 2.56. The molecule has 0 aliphatic heterocycles. The Morgan fingerprint density at radius 1 is 1.17 bits per heavy atom. The number of H-pyrrole nitrogens is 1. The monoisotopic (exact) mass is 416 g/mol. The van der Waals surface area contributed by atoms with E-state index in [0.29, 0.717) is 17.5 Å². The molecule has 0 bridgehead atoms. The van der Waals surface area contributed by atoms with Crippen molar-refractivity contribution < 1.29 is 19.4 Å². The van der Waals surface area contributed by atoms with Crippen LogP contribution in [0.1, 0.15) is 30.1 Å². The van der Waals surface area contributed by atoms with Gasteiger partial charge in [-0.3, -0.25) is 20.2 Å². The van der Waals surface area contributed by atoms with Gasteiger partial charge in [-0.2, -0.15) is 0 Å². The molecule has 1 aromatic heterocycles. The number of imidazole rings is 1. The number of esters is 1. The van der Waals surface area contributed by atoms with Crippen molar-refractivity contribution >= 4 is 40.1 Å². The summed E-state index contributed by atoms with van der Waals surface area (Å²) >= 11 is 0.763. The third kappa shape index (κ3) is 4.51. The zero-order valence-corrected chi connectivity index (χ0v) is 16.1. The smallest absolute Gasteiger partial charge is 0.338 e. The van der Waals surface area contributed by atoms with E-state index in [9.17, 15) is 25.0 Å². The topological polar surface area (TPSA) is 141 Å². The van der Waals surface area contributed by atoms with Gasteiger partial charge in [0, 0.05) is 12.1 Å². The van der Waals surface area contributed by atoms with Crippen molar-refractivity contribution in [2.24, 2.45) is 0 Å². The number of fused-ring (bicyclic) bond motifs is 1. The highest BCUT2D eigenvalue weighted by molar-refractivity contribution is 7.99. The number of hydrogen-bond donors (Lipinski definition) is 1. The Kier molecular flexibility index (Phi) is 6.07. The summed E-state index contributed by atoms with van der Waals surface area (Å²) in [5, 5.41) is 23.4. The first kappa shape index (κ1) is 20.3. The van der Waals surface area contributed by atoms with Gasteiger partial charge in [-0.1, -0.05) is 25.5 Å². The number of aromatic nitrogens is 2. The summed E-state index contributed by atoms with van der Waals surface area (Å²) in [6.45, 7) is 2.04. The van der Waals surface area contributed by atoms with Crippen molar-refractivity contribution in [1.29, 1.82) is 0 Å². The molecule has 3 rings (SSSR count). The lowest BCUT2D eigenvalue weighted by Crippen LogP contribution is -2.08. The van der Waals surface area contributed by atoms with E-state index in [1.807, 2.05) is 6.92 Å². The minimum Gasteiger partial charge on any atom is -0.462 e. The average molecular weight is 416 g/mol. The second-order valence-corrected chi connectivity index (χ2v) is 7.01. The Labute approximate surface area is 168 Å². The summed E-state index contributed by atoms with van der Waals surface area (Å²) in [5.74, 6) is -0.843. The van der Waals surface area contributed by atoms with Crippen molar-refractivity contribution in [2.75, 3.05) is 6.61 Å². The number of hydrogen-bond acceptors (Lipinski definition) is 8. The molecular formula is C18H16N4O6S. The molecular weight excluding hydrogens is 400 g/mol. The molecule has 10 nitrogen and oxygen atoms in total. The molecule has 3 aromatic rings. The molecule has 0 saturated carbocycles. The van der Waals surface area contributed by atoms with E-state index >= 15 is 0 Å². The highest BCUT2D eigenvalue weighted by atomic mass is 32.2. The first-order valence-corrected chi connectivity index (χ1v) is 9.49. The molecule has 0 spiro atoms. The summed E-state index contributed by atoms with van der Waals surface area (Å²) in [5.41, 5.74) is -0.0551. The quantitative estimate of drug-likeness (QED) is 0.245. The Morgan fingerprint density at radius 3 is 2.41 bits per heavy atom. The second kappa shape index (κ2) is 8.69. The van der Waals surface area contributed by atoms with E-state index < -0.39 is 27.2 Å². The lowest BCUT2D eigenvalue weighted by Gasteiger charge is -2.07. The molecule has 1 heterocycles. The van der Waals surface area contributed by atoms with Crippen LogP contribution < -0.4 is 0 Å². The van der Waals surface area contributed by atoms with E-state index in [1.165, 1.54) is 0 Å². The summed E-state index contributed by atoms with van der Waals surface area (Å²) in [4.78, 5) is 40.8. The first-order valence-electron chi connectivity index (χ1n) is 8.67. The fraction of sp³-hybridized carbons (Fsp3) is 0.222. The molecule has 0 aliphatic carbocycles. The number of ether oxygens (including phenoxy) is 1. The van der Waals surface area contributed by atoms with Gasteiger partial charge >= 0.3 is 5.97 Å². The molecule has 150 valence electrons. The Bertz CT molecular complexity index is 1030. The van der Waals surface area contributed by atoms with Gasteiger partial charge in [0.2, 0.25) is 0 Å². The number of carbonyl (C=O) groups excluding carboxylic acids is 1. The molecule has 0 amide bonds. The number of nitrogens with one attached hydrogen (secondary N) is 1. The third-order valence-electron chi connectivity index (χ3n) is 3.98. The minimum absolute atomic E-state index is 0.131. The van der Waals surface area contributed by atoms with Gasteiger partial charge in [-0.25, -0.2) is 9.78 Å². The molecule has 0 radical (unpaired) electrons. The summed E-state index contributed by atoms with van der Waals surface area (Å²) in [6, 6.07) is 9.07. The highest BCUT2D eigenvalue weighted by Crippen LogP contribution is 2.41. The summed E-state index contributed by atoms with van der Waals surface area (Å²) in [6.07, 6.45) is 1.41.